The summed E-state index contributed by atoms with van der Waals surface area (Å²) in [5.41, 5.74) is 6.51. The van der Waals surface area contributed by atoms with Gasteiger partial charge in [-0.15, -0.1) is 0 Å². The van der Waals surface area contributed by atoms with E-state index in [1.807, 2.05) is 38.1 Å². The summed E-state index contributed by atoms with van der Waals surface area (Å²) in [6.07, 6.45) is 4.45. The van der Waals surface area contributed by atoms with Gasteiger partial charge in [0, 0.05) is 18.7 Å². The summed E-state index contributed by atoms with van der Waals surface area (Å²) in [4.78, 5) is 14.2. The first-order chi connectivity index (χ1) is 14.1. The SMILES string of the molecule is CC.COc1ccc(CN2CCC3(CCc4cc(C(=O)NO)ccc4C3)C2)cc1. The summed E-state index contributed by atoms with van der Waals surface area (Å²) in [5, 5.41) is 8.83. The Morgan fingerprint density at radius 1 is 1.14 bits per heavy atom. The zero-order chi connectivity index (χ0) is 20.9. The molecule has 1 aliphatic heterocycles. The van der Waals surface area contributed by atoms with Crippen LogP contribution in [0.25, 0.3) is 0 Å². The summed E-state index contributed by atoms with van der Waals surface area (Å²) < 4.78 is 5.24. The molecule has 0 aromatic heterocycles. The summed E-state index contributed by atoms with van der Waals surface area (Å²) in [5.74, 6) is 0.458. The molecular weight excluding hydrogens is 364 g/mol. The van der Waals surface area contributed by atoms with Crippen LogP contribution in [0, 0.1) is 5.41 Å². The van der Waals surface area contributed by atoms with E-state index in [1.54, 1.807) is 12.6 Å². The number of nitrogens with zero attached hydrogens (tertiary/aromatic N) is 1. The van der Waals surface area contributed by atoms with Crippen LogP contribution in [0.3, 0.4) is 0 Å². The van der Waals surface area contributed by atoms with E-state index in [-0.39, 0.29) is 0 Å². The Bertz CT molecular complexity index is 835. The number of carbonyl (C=O) groups is 1. The van der Waals surface area contributed by atoms with Crippen LogP contribution in [0.1, 0.15) is 53.7 Å². The highest BCUT2D eigenvalue weighted by Crippen LogP contribution is 2.43. The van der Waals surface area contributed by atoms with Crippen LogP contribution in [-0.4, -0.2) is 36.2 Å². The molecule has 1 saturated heterocycles. The monoisotopic (exact) mass is 396 g/mol. The van der Waals surface area contributed by atoms with Gasteiger partial charge in [-0.3, -0.25) is 14.9 Å². The lowest BCUT2D eigenvalue weighted by Crippen LogP contribution is -2.33. The van der Waals surface area contributed by atoms with Gasteiger partial charge in [-0.25, -0.2) is 5.48 Å². The van der Waals surface area contributed by atoms with Crippen LogP contribution < -0.4 is 10.2 Å². The second-order valence-corrected chi connectivity index (χ2v) is 7.91. The first-order valence-electron chi connectivity index (χ1n) is 10.5. The normalized spacial score (nSPS) is 20.6. The minimum absolute atomic E-state index is 0.347. The van der Waals surface area contributed by atoms with Crippen molar-refractivity contribution in [3.63, 3.8) is 0 Å². The van der Waals surface area contributed by atoms with E-state index in [9.17, 15) is 4.79 Å². The molecule has 156 valence electrons. The third kappa shape index (κ3) is 4.80. The van der Waals surface area contributed by atoms with E-state index in [2.05, 4.69) is 23.1 Å². The van der Waals surface area contributed by atoms with Gasteiger partial charge in [-0.2, -0.15) is 0 Å². The van der Waals surface area contributed by atoms with Gasteiger partial charge < -0.3 is 4.74 Å². The second-order valence-electron chi connectivity index (χ2n) is 7.91. The third-order valence-corrected chi connectivity index (χ3v) is 6.14. The first kappa shape index (κ1) is 21.3. The molecule has 1 aliphatic carbocycles. The molecule has 1 fully saturated rings. The Hall–Kier alpha value is -2.37. The highest BCUT2D eigenvalue weighted by molar-refractivity contribution is 5.93. The van der Waals surface area contributed by atoms with E-state index >= 15 is 0 Å². The number of carbonyl (C=O) groups excluding carboxylic acids is 1. The Labute approximate surface area is 173 Å². The van der Waals surface area contributed by atoms with Crippen LogP contribution in [-0.2, 0) is 19.4 Å². The molecule has 1 amide bonds. The van der Waals surface area contributed by atoms with E-state index < -0.39 is 5.91 Å². The molecule has 1 heterocycles. The van der Waals surface area contributed by atoms with Crippen LogP contribution >= 0.6 is 0 Å². The van der Waals surface area contributed by atoms with Crippen molar-refractivity contribution in [3.05, 3.63) is 64.7 Å². The molecule has 2 aromatic carbocycles. The van der Waals surface area contributed by atoms with Gasteiger partial charge in [0.2, 0.25) is 0 Å². The van der Waals surface area contributed by atoms with E-state index in [0.29, 0.717) is 11.0 Å². The van der Waals surface area contributed by atoms with Crippen molar-refractivity contribution in [2.24, 2.45) is 5.41 Å². The van der Waals surface area contributed by atoms with Gasteiger partial charge in [0.25, 0.3) is 5.91 Å². The lowest BCUT2D eigenvalue weighted by Gasteiger charge is -2.35. The molecule has 5 nitrogen and oxygen atoms in total. The molecule has 2 N–H and O–H groups in total. The number of amides is 1. The molecule has 1 spiro atoms. The lowest BCUT2D eigenvalue weighted by molar-refractivity contribution is 0.0706. The van der Waals surface area contributed by atoms with Crippen molar-refractivity contribution in [2.45, 2.75) is 46.1 Å². The van der Waals surface area contributed by atoms with Gasteiger partial charge in [0.1, 0.15) is 5.75 Å². The summed E-state index contributed by atoms with van der Waals surface area (Å²) in [6.45, 7) is 7.23. The minimum Gasteiger partial charge on any atom is -0.497 e. The Balaban J connectivity index is 0.00000117. The van der Waals surface area contributed by atoms with E-state index in [0.717, 1.165) is 44.6 Å². The number of nitrogens with one attached hydrogen (secondary N) is 1. The van der Waals surface area contributed by atoms with Crippen molar-refractivity contribution in [1.82, 2.24) is 10.4 Å². The standard InChI is InChI=1S/C22H26N2O3.C2H6/c1-27-20-6-2-16(3-7-20)14-24-11-10-22(15-24)9-8-17-12-18(21(25)23-26)4-5-19(17)13-22;1-2/h2-7,12,26H,8-11,13-15H2,1H3,(H,23,25);1-2H3. The van der Waals surface area contributed by atoms with Gasteiger partial charge in [0.15, 0.2) is 0 Å². The van der Waals surface area contributed by atoms with Crippen molar-refractivity contribution < 1.29 is 14.7 Å². The molecule has 1 atom stereocenters. The van der Waals surface area contributed by atoms with Gasteiger partial charge in [0.05, 0.1) is 7.11 Å². The Morgan fingerprint density at radius 2 is 1.90 bits per heavy atom. The molecule has 0 radical (unpaired) electrons. The van der Waals surface area contributed by atoms with Crippen LogP contribution in [0.2, 0.25) is 0 Å². The number of hydroxylamine groups is 1. The highest BCUT2D eigenvalue weighted by atomic mass is 16.5. The number of benzene rings is 2. The number of aryl methyl sites for hydroxylation is 1. The molecule has 29 heavy (non-hydrogen) atoms. The van der Waals surface area contributed by atoms with Gasteiger partial charge in [-0.05, 0) is 78.6 Å². The van der Waals surface area contributed by atoms with E-state index in [1.165, 1.54) is 23.1 Å². The summed E-state index contributed by atoms with van der Waals surface area (Å²) >= 11 is 0. The van der Waals surface area contributed by atoms with Crippen molar-refractivity contribution in [3.8, 4) is 5.75 Å². The summed E-state index contributed by atoms with van der Waals surface area (Å²) in [6, 6.07) is 14.1. The molecule has 0 saturated carbocycles. The van der Waals surface area contributed by atoms with Crippen molar-refractivity contribution in [2.75, 3.05) is 20.2 Å². The highest BCUT2D eigenvalue weighted by Gasteiger charge is 2.40. The number of ether oxygens (including phenoxy) is 1. The number of likely N-dealkylation sites (tertiary alicyclic amines) is 1. The molecule has 2 aliphatic rings. The van der Waals surface area contributed by atoms with Gasteiger partial charge >= 0.3 is 0 Å². The topological polar surface area (TPSA) is 61.8 Å². The number of methoxy groups -OCH3 is 1. The second kappa shape index (κ2) is 9.42. The van der Waals surface area contributed by atoms with Crippen LogP contribution in [0.4, 0.5) is 0 Å². The predicted octanol–water partition coefficient (Wildman–Crippen LogP) is 4.22. The maximum Gasteiger partial charge on any atom is 0.274 e. The number of hydrogen-bond donors (Lipinski definition) is 2. The average Bonchev–Trinajstić information content (AvgIpc) is 3.16. The van der Waals surface area contributed by atoms with E-state index in [4.69, 9.17) is 9.94 Å². The zero-order valence-electron chi connectivity index (χ0n) is 17.7. The molecule has 0 bridgehead atoms. The molecule has 1 unspecified atom stereocenters. The number of hydrogen-bond acceptors (Lipinski definition) is 4. The largest absolute Gasteiger partial charge is 0.497 e. The van der Waals surface area contributed by atoms with Crippen LogP contribution in [0.15, 0.2) is 42.5 Å². The fourth-order valence-corrected chi connectivity index (χ4v) is 4.63. The predicted molar refractivity (Wildman–Crippen MR) is 114 cm³/mol. The smallest absolute Gasteiger partial charge is 0.274 e. The molecule has 4 rings (SSSR count). The maximum absolute atomic E-state index is 11.6. The number of rotatable bonds is 4. The Kier molecular flexibility index (Phi) is 6.93. The third-order valence-electron chi connectivity index (χ3n) is 6.14. The fraction of sp³-hybridized carbons (Fsp3) is 0.458. The lowest BCUT2D eigenvalue weighted by atomic mass is 9.71. The molecule has 2 aromatic rings. The van der Waals surface area contributed by atoms with Crippen molar-refractivity contribution >= 4 is 5.91 Å². The van der Waals surface area contributed by atoms with Gasteiger partial charge in [-0.1, -0.05) is 32.0 Å². The minimum atomic E-state index is -0.440. The fourth-order valence-electron chi connectivity index (χ4n) is 4.63. The van der Waals surface area contributed by atoms with Crippen molar-refractivity contribution in [1.29, 1.82) is 0 Å². The quantitative estimate of drug-likeness (QED) is 0.600. The first-order valence-corrected chi connectivity index (χ1v) is 10.5. The van der Waals surface area contributed by atoms with Crippen LogP contribution in [0.5, 0.6) is 5.75 Å². The Morgan fingerprint density at radius 3 is 2.59 bits per heavy atom. The molecular formula is C24H32N2O3. The maximum atomic E-state index is 11.6. The average molecular weight is 397 g/mol. The molecule has 5 heteroatoms. The summed E-state index contributed by atoms with van der Waals surface area (Å²) in [7, 11) is 1.69. The number of fused-ring (bicyclic) bond motifs is 1. The zero-order valence-corrected chi connectivity index (χ0v) is 17.7.